The molecule has 3 rings (SSSR count). The van der Waals surface area contributed by atoms with Crippen LogP contribution in [0.3, 0.4) is 0 Å². The van der Waals surface area contributed by atoms with E-state index in [1.165, 1.54) is 39.7 Å². The minimum Gasteiger partial charge on any atom is -0.385 e. The van der Waals surface area contributed by atoms with Crippen LogP contribution >= 0.6 is 0 Å². The van der Waals surface area contributed by atoms with Crippen molar-refractivity contribution in [3.63, 3.8) is 0 Å². The molecule has 0 aliphatic rings. The van der Waals surface area contributed by atoms with Crippen LogP contribution < -0.4 is 10.2 Å². The fourth-order valence-electron chi connectivity index (χ4n) is 3.40. The summed E-state index contributed by atoms with van der Waals surface area (Å²) in [6.45, 7) is 3.65. The first-order valence-electron chi connectivity index (χ1n) is 8.91. The molecule has 0 radical (unpaired) electrons. The molecule has 24 heavy (non-hydrogen) atoms. The zero-order chi connectivity index (χ0) is 16.9. The number of rotatable bonds is 8. The summed E-state index contributed by atoms with van der Waals surface area (Å²) in [4.78, 5) is 1.48. The molecule has 2 aromatic carbocycles. The van der Waals surface area contributed by atoms with Crippen molar-refractivity contribution >= 4 is 21.8 Å². The van der Waals surface area contributed by atoms with E-state index in [1.54, 1.807) is 0 Å². The maximum absolute atomic E-state index is 10.5. The van der Waals surface area contributed by atoms with Crippen molar-refractivity contribution in [1.29, 1.82) is 0 Å². The Morgan fingerprint density at radius 1 is 1.00 bits per heavy atom. The van der Waals surface area contributed by atoms with Crippen molar-refractivity contribution in [2.45, 2.75) is 19.1 Å². The van der Waals surface area contributed by atoms with Crippen LogP contribution in [0.15, 0.2) is 48.5 Å². The summed E-state index contributed by atoms with van der Waals surface area (Å²) >= 11 is 0. The summed E-state index contributed by atoms with van der Waals surface area (Å²) in [6, 6.07) is 16.9. The Labute approximate surface area is 143 Å². The molecule has 0 unspecified atom stereocenters. The van der Waals surface area contributed by atoms with Gasteiger partial charge in [-0.25, -0.2) is 0 Å². The lowest BCUT2D eigenvalue weighted by Crippen LogP contribution is -3.06. The third-order valence-electron chi connectivity index (χ3n) is 4.60. The van der Waals surface area contributed by atoms with Gasteiger partial charge in [-0.2, -0.15) is 0 Å². The third kappa shape index (κ3) is 3.78. The molecule has 1 heterocycles. The van der Waals surface area contributed by atoms with Gasteiger partial charge < -0.3 is 19.9 Å². The fraction of sp³-hybridized carbons (Fsp3) is 0.400. The van der Waals surface area contributed by atoms with Crippen molar-refractivity contribution in [3.05, 3.63) is 48.5 Å². The Kier molecular flexibility index (Phi) is 5.51. The molecular weight excluding hydrogens is 298 g/mol. The van der Waals surface area contributed by atoms with E-state index in [-0.39, 0.29) is 6.10 Å². The van der Waals surface area contributed by atoms with Crippen LogP contribution in [0.4, 0.5) is 0 Å². The number of fused-ring (bicyclic) bond motifs is 3. The highest BCUT2D eigenvalue weighted by molar-refractivity contribution is 6.07. The molecule has 0 aliphatic heterocycles. The molecular formula is C20H29N3O+2. The number of benzene rings is 2. The van der Waals surface area contributed by atoms with Crippen LogP contribution in [-0.4, -0.2) is 49.5 Å². The Hall–Kier alpha value is -1.88. The summed E-state index contributed by atoms with van der Waals surface area (Å²) in [5, 5.41) is 15.3. The molecule has 128 valence electrons. The predicted molar refractivity (Wildman–Crippen MR) is 99.4 cm³/mol. The summed E-state index contributed by atoms with van der Waals surface area (Å²) < 4.78 is 2.26. The second kappa shape index (κ2) is 7.79. The Bertz CT molecular complexity index is 741. The van der Waals surface area contributed by atoms with Crippen LogP contribution in [-0.2, 0) is 6.54 Å². The lowest BCUT2D eigenvalue weighted by molar-refractivity contribution is -0.860. The Morgan fingerprint density at radius 2 is 1.58 bits per heavy atom. The topological polar surface area (TPSA) is 46.2 Å². The van der Waals surface area contributed by atoms with E-state index in [4.69, 9.17) is 0 Å². The zero-order valence-electron chi connectivity index (χ0n) is 14.7. The number of aliphatic hydroxyl groups is 1. The Balaban J connectivity index is 1.70. The molecule has 4 heteroatoms. The maximum atomic E-state index is 10.5. The number of hydrogen-bond acceptors (Lipinski definition) is 1. The van der Waals surface area contributed by atoms with Crippen LogP contribution in [0.5, 0.6) is 0 Å². The highest BCUT2D eigenvalue weighted by atomic mass is 16.3. The second-order valence-corrected chi connectivity index (χ2v) is 6.92. The molecule has 4 nitrogen and oxygen atoms in total. The van der Waals surface area contributed by atoms with Gasteiger partial charge >= 0.3 is 0 Å². The van der Waals surface area contributed by atoms with Gasteiger partial charge in [-0.3, -0.25) is 0 Å². The van der Waals surface area contributed by atoms with Gasteiger partial charge in [0.05, 0.1) is 33.7 Å². The van der Waals surface area contributed by atoms with Crippen molar-refractivity contribution in [3.8, 4) is 0 Å². The van der Waals surface area contributed by atoms with Crippen molar-refractivity contribution in [1.82, 2.24) is 4.57 Å². The van der Waals surface area contributed by atoms with Crippen LogP contribution in [0.25, 0.3) is 21.8 Å². The first-order chi connectivity index (χ1) is 11.7. The van der Waals surface area contributed by atoms with Crippen LogP contribution in [0.1, 0.15) is 6.42 Å². The van der Waals surface area contributed by atoms with E-state index in [1.807, 2.05) is 0 Å². The maximum Gasteiger partial charge on any atom is 0.121 e. The molecule has 0 aliphatic carbocycles. The number of quaternary nitrogens is 2. The minimum atomic E-state index is -0.337. The fourth-order valence-corrected chi connectivity index (χ4v) is 3.40. The molecule has 0 fully saturated rings. The number of aliphatic hydroxyl groups excluding tert-OH is 1. The highest BCUT2D eigenvalue weighted by Gasteiger charge is 2.14. The smallest absolute Gasteiger partial charge is 0.121 e. The molecule has 0 spiro atoms. The summed E-state index contributed by atoms with van der Waals surface area (Å²) in [7, 11) is 4.36. The van der Waals surface area contributed by atoms with Crippen molar-refractivity contribution in [2.24, 2.45) is 0 Å². The third-order valence-corrected chi connectivity index (χ3v) is 4.60. The molecule has 0 saturated carbocycles. The largest absolute Gasteiger partial charge is 0.385 e. The average molecular weight is 327 g/mol. The van der Waals surface area contributed by atoms with Gasteiger partial charge in [-0.05, 0) is 12.1 Å². The van der Waals surface area contributed by atoms with Gasteiger partial charge in [0.15, 0.2) is 0 Å². The number of nitrogens with zero attached hydrogens (tertiary/aromatic N) is 1. The van der Waals surface area contributed by atoms with Gasteiger partial charge in [0, 0.05) is 28.2 Å². The lowest BCUT2D eigenvalue weighted by atomic mass is 10.2. The highest BCUT2D eigenvalue weighted by Crippen LogP contribution is 2.28. The van der Waals surface area contributed by atoms with E-state index < -0.39 is 0 Å². The molecule has 4 N–H and O–H groups in total. The molecule has 0 saturated heterocycles. The lowest BCUT2D eigenvalue weighted by Gasteiger charge is -2.13. The predicted octanol–water partition coefficient (Wildman–Crippen LogP) is 0.253. The summed E-state index contributed by atoms with van der Waals surface area (Å²) in [5.74, 6) is 0. The van der Waals surface area contributed by atoms with Crippen molar-refractivity contribution in [2.75, 3.05) is 33.7 Å². The van der Waals surface area contributed by atoms with Crippen LogP contribution in [0, 0.1) is 0 Å². The van der Waals surface area contributed by atoms with Gasteiger partial charge in [0.1, 0.15) is 12.6 Å². The zero-order valence-corrected chi connectivity index (χ0v) is 14.7. The molecule has 3 aromatic rings. The summed E-state index contributed by atoms with van der Waals surface area (Å²) in [5.41, 5.74) is 2.41. The normalized spacial score (nSPS) is 13.2. The molecule has 0 amide bonds. The number of para-hydroxylation sites is 2. The molecule has 1 atom stereocenters. The first kappa shape index (κ1) is 17.0. The van der Waals surface area contributed by atoms with Gasteiger partial charge in [0.2, 0.25) is 0 Å². The minimum absolute atomic E-state index is 0.337. The van der Waals surface area contributed by atoms with Crippen LogP contribution in [0.2, 0.25) is 0 Å². The van der Waals surface area contributed by atoms with E-state index in [9.17, 15) is 5.11 Å². The Morgan fingerprint density at radius 3 is 2.17 bits per heavy atom. The van der Waals surface area contributed by atoms with E-state index in [0.29, 0.717) is 6.54 Å². The van der Waals surface area contributed by atoms with E-state index in [0.717, 1.165) is 13.1 Å². The first-order valence-corrected chi connectivity index (χ1v) is 8.91. The van der Waals surface area contributed by atoms with Gasteiger partial charge in [-0.1, -0.05) is 36.4 Å². The number of nitrogens with one attached hydrogen (secondary N) is 1. The number of nitrogens with two attached hydrogens (primary N) is 1. The quantitative estimate of drug-likeness (QED) is 0.511. The molecule has 1 aromatic heterocycles. The van der Waals surface area contributed by atoms with E-state index in [2.05, 4.69) is 72.5 Å². The molecule has 0 bridgehead atoms. The monoisotopic (exact) mass is 327 g/mol. The number of hydrogen-bond donors (Lipinski definition) is 3. The second-order valence-electron chi connectivity index (χ2n) is 6.92. The number of aromatic nitrogens is 1. The summed E-state index contributed by atoms with van der Waals surface area (Å²) in [6.07, 6.45) is 0.848. The van der Waals surface area contributed by atoms with Gasteiger partial charge in [-0.15, -0.1) is 0 Å². The standard InChI is InChI=1S/C20H27N3O/c1-22(2)13-7-12-21-14-16(24)15-23-19-10-5-3-8-17(19)18-9-4-6-11-20(18)23/h3-6,8-11,16,21,24H,7,12-15H2,1-2H3/p+2/t16-/m0/s1. The average Bonchev–Trinajstić information content (AvgIpc) is 2.89. The SMILES string of the molecule is C[NH+](C)CCC[NH2+]C[C@H](O)Cn1c2ccccc2c2ccccc21. The van der Waals surface area contributed by atoms with Crippen molar-refractivity contribution < 1.29 is 15.3 Å². The van der Waals surface area contributed by atoms with Gasteiger partial charge in [0.25, 0.3) is 0 Å². The van der Waals surface area contributed by atoms with E-state index >= 15 is 0 Å².